The van der Waals surface area contributed by atoms with Crippen molar-refractivity contribution in [1.29, 1.82) is 0 Å². The SMILES string of the molecule is O=C(CC1=CCCCC1)N(CCO)C1CC1. The van der Waals surface area contributed by atoms with Gasteiger partial charge >= 0.3 is 0 Å². The summed E-state index contributed by atoms with van der Waals surface area (Å²) >= 11 is 0. The zero-order valence-corrected chi connectivity index (χ0v) is 9.82. The molecule has 2 aliphatic carbocycles. The lowest BCUT2D eigenvalue weighted by Crippen LogP contribution is -2.35. The Morgan fingerprint density at radius 1 is 1.44 bits per heavy atom. The van der Waals surface area contributed by atoms with Crippen LogP contribution in [0.15, 0.2) is 11.6 Å². The molecule has 2 rings (SSSR count). The molecule has 0 heterocycles. The summed E-state index contributed by atoms with van der Waals surface area (Å²) in [5.74, 6) is 0.213. The quantitative estimate of drug-likeness (QED) is 0.723. The highest BCUT2D eigenvalue weighted by atomic mass is 16.3. The molecule has 0 unspecified atom stereocenters. The standard InChI is InChI=1S/C13H21NO2/c15-9-8-14(12-6-7-12)13(16)10-11-4-2-1-3-5-11/h4,12,15H,1-3,5-10H2. The lowest BCUT2D eigenvalue weighted by molar-refractivity contribution is -0.131. The average Bonchev–Trinajstić information content (AvgIpc) is 3.11. The predicted octanol–water partition coefficient (Wildman–Crippen LogP) is 1.86. The summed E-state index contributed by atoms with van der Waals surface area (Å²) in [4.78, 5) is 13.9. The molecule has 0 aliphatic heterocycles. The van der Waals surface area contributed by atoms with Gasteiger partial charge in [0.05, 0.1) is 6.61 Å². The number of amides is 1. The molecule has 0 spiro atoms. The molecule has 0 saturated heterocycles. The highest BCUT2D eigenvalue weighted by Gasteiger charge is 2.32. The van der Waals surface area contributed by atoms with Crippen LogP contribution in [0.3, 0.4) is 0 Å². The van der Waals surface area contributed by atoms with Gasteiger partial charge in [0, 0.05) is 19.0 Å². The predicted molar refractivity (Wildman–Crippen MR) is 63.0 cm³/mol. The molecule has 90 valence electrons. The summed E-state index contributed by atoms with van der Waals surface area (Å²) in [6.07, 6.45) is 9.75. The van der Waals surface area contributed by atoms with Gasteiger partial charge in [-0.3, -0.25) is 4.79 Å². The first-order chi connectivity index (χ1) is 7.81. The van der Waals surface area contributed by atoms with Gasteiger partial charge in [0.25, 0.3) is 0 Å². The van der Waals surface area contributed by atoms with E-state index in [-0.39, 0.29) is 12.5 Å². The van der Waals surface area contributed by atoms with E-state index in [4.69, 9.17) is 5.11 Å². The van der Waals surface area contributed by atoms with Gasteiger partial charge in [-0.15, -0.1) is 0 Å². The first-order valence-corrected chi connectivity index (χ1v) is 6.39. The summed E-state index contributed by atoms with van der Waals surface area (Å²) in [7, 11) is 0. The second-order valence-corrected chi connectivity index (χ2v) is 4.83. The van der Waals surface area contributed by atoms with Gasteiger partial charge < -0.3 is 10.0 Å². The number of aliphatic hydroxyl groups excluding tert-OH is 1. The number of hydrogen-bond donors (Lipinski definition) is 1. The van der Waals surface area contributed by atoms with Crippen LogP contribution in [-0.4, -0.2) is 35.1 Å². The summed E-state index contributed by atoms with van der Waals surface area (Å²) in [6, 6.07) is 0.420. The van der Waals surface area contributed by atoms with Gasteiger partial charge in [0.2, 0.25) is 5.91 Å². The van der Waals surface area contributed by atoms with Crippen LogP contribution in [0.1, 0.15) is 44.9 Å². The van der Waals surface area contributed by atoms with Crippen molar-refractivity contribution in [3.05, 3.63) is 11.6 Å². The lowest BCUT2D eigenvalue weighted by atomic mass is 9.97. The average molecular weight is 223 g/mol. The van der Waals surface area contributed by atoms with E-state index in [1.165, 1.54) is 18.4 Å². The molecule has 1 fully saturated rings. The topological polar surface area (TPSA) is 40.5 Å². The largest absolute Gasteiger partial charge is 0.395 e. The molecular formula is C13H21NO2. The zero-order valence-electron chi connectivity index (χ0n) is 9.82. The Hall–Kier alpha value is -0.830. The van der Waals surface area contributed by atoms with Gasteiger partial charge in [-0.1, -0.05) is 11.6 Å². The van der Waals surface area contributed by atoms with Crippen LogP contribution in [0, 0.1) is 0 Å². The lowest BCUT2D eigenvalue weighted by Gasteiger charge is -2.22. The van der Waals surface area contributed by atoms with Crippen molar-refractivity contribution >= 4 is 5.91 Å². The van der Waals surface area contributed by atoms with Crippen LogP contribution in [0.5, 0.6) is 0 Å². The number of aliphatic hydroxyl groups is 1. The Bertz CT molecular complexity index is 282. The smallest absolute Gasteiger partial charge is 0.226 e. The Morgan fingerprint density at radius 3 is 2.81 bits per heavy atom. The molecule has 3 heteroatoms. The van der Waals surface area contributed by atoms with E-state index >= 15 is 0 Å². The number of hydrogen-bond acceptors (Lipinski definition) is 2. The minimum absolute atomic E-state index is 0.0846. The Balaban J connectivity index is 1.86. The fourth-order valence-corrected chi connectivity index (χ4v) is 2.37. The van der Waals surface area contributed by atoms with E-state index in [1.807, 2.05) is 4.90 Å². The number of carbonyl (C=O) groups excluding carboxylic acids is 1. The molecule has 0 aromatic rings. The Labute approximate surface area is 97.1 Å². The molecule has 1 N–H and O–H groups in total. The summed E-state index contributed by atoms with van der Waals surface area (Å²) in [5, 5.41) is 8.96. The van der Waals surface area contributed by atoms with Gasteiger partial charge in [0.15, 0.2) is 0 Å². The van der Waals surface area contributed by atoms with E-state index in [2.05, 4.69) is 6.08 Å². The third-order valence-electron chi connectivity index (χ3n) is 3.41. The van der Waals surface area contributed by atoms with Crippen LogP contribution >= 0.6 is 0 Å². The minimum Gasteiger partial charge on any atom is -0.395 e. The number of rotatable bonds is 5. The van der Waals surface area contributed by atoms with Crippen molar-refractivity contribution < 1.29 is 9.90 Å². The monoisotopic (exact) mass is 223 g/mol. The summed E-state index contributed by atoms with van der Waals surface area (Å²) in [6.45, 7) is 0.595. The summed E-state index contributed by atoms with van der Waals surface area (Å²) < 4.78 is 0. The normalized spacial score (nSPS) is 20.4. The maximum absolute atomic E-state index is 12.1. The van der Waals surface area contributed by atoms with Crippen LogP contribution < -0.4 is 0 Å². The third kappa shape index (κ3) is 3.08. The number of carbonyl (C=O) groups is 1. The molecule has 0 radical (unpaired) electrons. The molecule has 0 atom stereocenters. The second kappa shape index (κ2) is 5.48. The van der Waals surface area contributed by atoms with E-state index in [0.717, 1.165) is 25.7 Å². The van der Waals surface area contributed by atoms with E-state index in [0.29, 0.717) is 19.0 Å². The maximum Gasteiger partial charge on any atom is 0.226 e. The fraction of sp³-hybridized carbons (Fsp3) is 0.769. The highest BCUT2D eigenvalue weighted by Crippen LogP contribution is 2.28. The molecular weight excluding hydrogens is 202 g/mol. The van der Waals surface area contributed by atoms with Crippen molar-refractivity contribution in [3.63, 3.8) is 0 Å². The van der Waals surface area contributed by atoms with E-state index in [9.17, 15) is 4.79 Å². The maximum atomic E-state index is 12.1. The van der Waals surface area contributed by atoms with Crippen LogP contribution in [-0.2, 0) is 4.79 Å². The van der Waals surface area contributed by atoms with Crippen molar-refractivity contribution in [1.82, 2.24) is 4.90 Å². The van der Waals surface area contributed by atoms with Crippen LogP contribution in [0.4, 0.5) is 0 Å². The molecule has 0 aromatic heterocycles. The zero-order chi connectivity index (χ0) is 11.4. The van der Waals surface area contributed by atoms with Crippen molar-refractivity contribution in [2.75, 3.05) is 13.2 Å². The Kier molecular flexibility index (Phi) is 3.99. The molecule has 2 aliphatic rings. The third-order valence-corrected chi connectivity index (χ3v) is 3.41. The molecule has 3 nitrogen and oxygen atoms in total. The minimum atomic E-state index is 0.0846. The molecule has 0 aromatic carbocycles. The number of nitrogens with zero attached hydrogens (tertiary/aromatic N) is 1. The molecule has 1 saturated carbocycles. The molecule has 1 amide bonds. The number of allylic oxidation sites excluding steroid dienone is 1. The van der Waals surface area contributed by atoms with Gasteiger partial charge in [-0.05, 0) is 38.5 Å². The van der Waals surface area contributed by atoms with Crippen molar-refractivity contribution in [2.45, 2.75) is 51.0 Å². The van der Waals surface area contributed by atoms with E-state index < -0.39 is 0 Å². The van der Waals surface area contributed by atoms with E-state index in [1.54, 1.807) is 0 Å². The summed E-state index contributed by atoms with van der Waals surface area (Å²) in [5.41, 5.74) is 1.31. The fourth-order valence-electron chi connectivity index (χ4n) is 2.37. The highest BCUT2D eigenvalue weighted by molar-refractivity contribution is 5.79. The van der Waals surface area contributed by atoms with Crippen molar-refractivity contribution in [3.8, 4) is 0 Å². The van der Waals surface area contributed by atoms with Crippen molar-refractivity contribution in [2.24, 2.45) is 0 Å². The second-order valence-electron chi connectivity index (χ2n) is 4.83. The van der Waals surface area contributed by atoms with Crippen LogP contribution in [0.2, 0.25) is 0 Å². The van der Waals surface area contributed by atoms with Gasteiger partial charge in [0.1, 0.15) is 0 Å². The first-order valence-electron chi connectivity index (χ1n) is 6.39. The van der Waals surface area contributed by atoms with Crippen LogP contribution in [0.25, 0.3) is 0 Å². The first kappa shape index (κ1) is 11.6. The molecule has 16 heavy (non-hydrogen) atoms. The van der Waals surface area contributed by atoms with Gasteiger partial charge in [-0.2, -0.15) is 0 Å². The Morgan fingerprint density at radius 2 is 2.25 bits per heavy atom. The molecule has 0 bridgehead atoms. The van der Waals surface area contributed by atoms with Gasteiger partial charge in [-0.25, -0.2) is 0 Å².